The summed E-state index contributed by atoms with van der Waals surface area (Å²) in [6.45, 7) is 0. The minimum absolute atomic E-state index is 0.0290. The average molecular weight is 426 g/mol. The number of carboxylic acid groups (broad SMARTS) is 1. The molecule has 0 spiro atoms. The van der Waals surface area contributed by atoms with Gasteiger partial charge < -0.3 is 15.2 Å². The topological polar surface area (TPSA) is 122 Å². The van der Waals surface area contributed by atoms with Crippen LogP contribution in [0.2, 0.25) is 0 Å². The van der Waals surface area contributed by atoms with Crippen LogP contribution in [0.25, 0.3) is 0 Å². The van der Waals surface area contributed by atoms with E-state index in [0.717, 1.165) is 6.07 Å². The molecule has 3 N–H and O–H groups in total. The molecule has 9 heteroatoms. The van der Waals surface area contributed by atoms with Crippen molar-refractivity contribution in [2.45, 2.75) is 4.90 Å². The Balaban J connectivity index is 1.96. The SMILES string of the molecule is COc1ccc(C(=O)O)cc1S(=O)(=O)Nc1ccccc1C(=O)Nc1ccccc1. The second-order valence-corrected chi connectivity index (χ2v) is 7.79. The Labute approximate surface area is 173 Å². The number of anilines is 2. The number of methoxy groups -OCH3 is 1. The zero-order valence-electron chi connectivity index (χ0n) is 15.8. The Morgan fingerprint density at radius 3 is 2.27 bits per heavy atom. The summed E-state index contributed by atoms with van der Waals surface area (Å²) in [6, 6.07) is 18.3. The molecule has 0 unspecified atom stereocenters. The van der Waals surface area contributed by atoms with Crippen molar-refractivity contribution in [1.82, 2.24) is 0 Å². The molecular formula is C21H18N2O6S. The number of carbonyl (C=O) groups excluding carboxylic acids is 1. The Morgan fingerprint density at radius 2 is 1.60 bits per heavy atom. The van der Waals surface area contributed by atoms with E-state index in [1.165, 1.54) is 31.4 Å². The fourth-order valence-corrected chi connectivity index (χ4v) is 3.99. The fourth-order valence-electron chi connectivity index (χ4n) is 2.71. The summed E-state index contributed by atoms with van der Waals surface area (Å²) in [6.07, 6.45) is 0. The van der Waals surface area contributed by atoms with Crippen molar-refractivity contribution in [2.24, 2.45) is 0 Å². The van der Waals surface area contributed by atoms with Crippen molar-refractivity contribution in [3.8, 4) is 5.75 Å². The number of carboxylic acids is 1. The van der Waals surface area contributed by atoms with E-state index >= 15 is 0 Å². The van der Waals surface area contributed by atoms with Gasteiger partial charge in [-0.05, 0) is 42.5 Å². The van der Waals surface area contributed by atoms with Gasteiger partial charge in [-0.25, -0.2) is 13.2 Å². The van der Waals surface area contributed by atoms with Gasteiger partial charge in [0.2, 0.25) is 0 Å². The first-order chi connectivity index (χ1) is 14.3. The Hall–Kier alpha value is -3.85. The number of amides is 1. The van der Waals surface area contributed by atoms with Crippen molar-refractivity contribution in [3.63, 3.8) is 0 Å². The first kappa shape index (κ1) is 20.9. The maximum Gasteiger partial charge on any atom is 0.335 e. The summed E-state index contributed by atoms with van der Waals surface area (Å²) < 4.78 is 33.4. The lowest BCUT2D eigenvalue weighted by Crippen LogP contribution is -2.19. The normalized spacial score (nSPS) is 10.8. The van der Waals surface area contributed by atoms with Crippen LogP contribution >= 0.6 is 0 Å². The molecule has 3 aromatic carbocycles. The van der Waals surface area contributed by atoms with Gasteiger partial charge in [-0.1, -0.05) is 30.3 Å². The second kappa shape index (κ2) is 8.66. The van der Waals surface area contributed by atoms with Crippen LogP contribution in [-0.4, -0.2) is 32.5 Å². The summed E-state index contributed by atoms with van der Waals surface area (Å²) in [4.78, 5) is 23.6. The van der Waals surface area contributed by atoms with E-state index in [1.54, 1.807) is 42.5 Å². The molecule has 0 saturated heterocycles. The van der Waals surface area contributed by atoms with E-state index < -0.39 is 21.9 Å². The monoisotopic (exact) mass is 426 g/mol. The highest BCUT2D eigenvalue weighted by atomic mass is 32.2. The average Bonchev–Trinajstić information content (AvgIpc) is 2.74. The number of hydrogen-bond donors (Lipinski definition) is 3. The van der Waals surface area contributed by atoms with E-state index in [0.29, 0.717) is 5.69 Å². The van der Waals surface area contributed by atoms with Crippen LogP contribution in [0.3, 0.4) is 0 Å². The standard InChI is InChI=1S/C21H18N2O6S/c1-29-18-12-11-14(21(25)26)13-19(18)30(27,28)23-17-10-6-5-9-16(17)20(24)22-15-7-3-2-4-8-15/h2-13,23H,1H3,(H,22,24)(H,25,26). The number of para-hydroxylation sites is 2. The highest BCUT2D eigenvalue weighted by Gasteiger charge is 2.24. The summed E-state index contributed by atoms with van der Waals surface area (Å²) in [5.74, 6) is -1.82. The van der Waals surface area contributed by atoms with E-state index in [1.807, 2.05) is 0 Å². The molecule has 0 atom stereocenters. The third-order valence-electron chi connectivity index (χ3n) is 4.15. The van der Waals surface area contributed by atoms with Gasteiger partial charge in [-0.3, -0.25) is 9.52 Å². The first-order valence-electron chi connectivity index (χ1n) is 8.71. The molecule has 0 radical (unpaired) electrons. The molecule has 0 saturated carbocycles. The van der Waals surface area contributed by atoms with E-state index in [-0.39, 0.29) is 27.5 Å². The van der Waals surface area contributed by atoms with Crippen molar-refractivity contribution in [3.05, 3.63) is 83.9 Å². The van der Waals surface area contributed by atoms with E-state index in [9.17, 15) is 23.1 Å². The minimum Gasteiger partial charge on any atom is -0.495 e. The fraction of sp³-hybridized carbons (Fsp3) is 0.0476. The summed E-state index contributed by atoms with van der Waals surface area (Å²) in [5.41, 5.74) is 0.467. The molecular weight excluding hydrogens is 408 g/mol. The Morgan fingerprint density at radius 1 is 0.933 bits per heavy atom. The molecule has 0 aromatic heterocycles. The zero-order valence-corrected chi connectivity index (χ0v) is 16.6. The van der Waals surface area contributed by atoms with Crippen molar-refractivity contribution >= 4 is 33.3 Å². The number of benzene rings is 3. The molecule has 3 rings (SSSR count). The van der Waals surface area contributed by atoms with Crippen LogP contribution in [0.1, 0.15) is 20.7 Å². The number of sulfonamides is 1. The lowest BCUT2D eigenvalue weighted by atomic mass is 10.1. The van der Waals surface area contributed by atoms with E-state index in [2.05, 4.69) is 10.0 Å². The third-order valence-corrected chi connectivity index (χ3v) is 5.53. The smallest absolute Gasteiger partial charge is 0.335 e. The van der Waals surface area contributed by atoms with Crippen LogP contribution in [0.5, 0.6) is 5.75 Å². The highest BCUT2D eigenvalue weighted by Crippen LogP contribution is 2.28. The van der Waals surface area contributed by atoms with Crippen LogP contribution in [0, 0.1) is 0 Å². The number of ether oxygens (including phenoxy) is 1. The number of aromatic carboxylic acids is 1. The molecule has 30 heavy (non-hydrogen) atoms. The predicted octanol–water partition coefficient (Wildman–Crippen LogP) is 3.45. The summed E-state index contributed by atoms with van der Waals surface area (Å²) in [5, 5.41) is 11.9. The number of rotatable bonds is 7. The van der Waals surface area contributed by atoms with Gasteiger partial charge in [0.05, 0.1) is 23.9 Å². The number of carbonyl (C=O) groups is 2. The molecule has 0 fully saturated rings. The van der Waals surface area contributed by atoms with Crippen molar-refractivity contribution in [2.75, 3.05) is 17.1 Å². The van der Waals surface area contributed by atoms with Crippen molar-refractivity contribution in [1.29, 1.82) is 0 Å². The molecule has 8 nitrogen and oxygen atoms in total. The van der Waals surface area contributed by atoms with Gasteiger partial charge in [0, 0.05) is 5.69 Å². The summed E-state index contributed by atoms with van der Waals surface area (Å²) >= 11 is 0. The largest absolute Gasteiger partial charge is 0.495 e. The van der Waals surface area contributed by atoms with Crippen LogP contribution in [-0.2, 0) is 10.0 Å². The molecule has 0 aliphatic heterocycles. The molecule has 0 heterocycles. The lowest BCUT2D eigenvalue weighted by Gasteiger charge is -2.15. The summed E-state index contributed by atoms with van der Waals surface area (Å²) in [7, 11) is -2.99. The number of hydrogen-bond acceptors (Lipinski definition) is 5. The molecule has 0 aliphatic rings. The number of nitrogens with one attached hydrogen (secondary N) is 2. The molecule has 1 amide bonds. The van der Waals surface area contributed by atoms with E-state index in [4.69, 9.17) is 4.74 Å². The van der Waals surface area contributed by atoms with Crippen molar-refractivity contribution < 1.29 is 27.9 Å². The maximum atomic E-state index is 13.0. The van der Waals surface area contributed by atoms with Crippen LogP contribution in [0.15, 0.2) is 77.7 Å². The molecule has 154 valence electrons. The van der Waals surface area contributed by atoms with Gasteiger partial charge in [0.25, 0.3) is 15.9 Å². The Bertz CT molecular complexity index is 1190. The highest BCUT2D eigenvalue weighted by molar-refractivity contribution is 7.92. The second-order valence-electron chi connectivity index (χ2n) is 6.14. The van der Waals surface area contributed by atoms with Gasteiger partial charge >= 0.3 is 5.97 Å². The quantitative estimate of drug-likeness (QED) is 0.532. The zero-order chi connectivity index (χ0) is 21.7. The molecule has 3 aromatic rings. The van der Waals surface area contributed by atoms with Gasteiger partial charge in [0.1, 0.15) is 10.6 Å². The predicted molar refractivity (Wildman–Crippen MR) is 112 cm³/mol. The Kier molecular flexibility index (Phi) is 6.03. The maximum absolute atomic E-state index is 13.0. The molecule has 0 bridgehead atoms. The van der Waals surface area contributed by atoms with Gasteiger partial charge in [-0.15, -0.1) is 0 Å². The van der Waals surface area contributed by atoms with Gasteiger partial charge in [-0.2, -0.15) is 0 Å². The lowest BCUT2D eigenvalue weighted by molar-refractivity contribution is 0.0696. The van der Waals surface area contributed by atoms with Crippen LogP contribution < -0.4 is 14.8 Å². The molecule has 0 aliphatic carbocycles. The van der Waals surface area contributed by atoms with Crippen LogP contribution in [0.4, 0.5) is 11.4 Å². The third kappa shape index (κ3) is 4.58. The minimum atomic E-state index is -4.26. The van der Waals surface area contributed by atoms with Gasteiger partial charge in [0.15, 0.2) is 0 Å². The first-order valence-corrected chi connectivity index (χ1v) is 10.2.